The van der Waals surface area contributed by atoms with Crippen LogP contribution in [0.1, 0.15) is 5.56 Å². The average molecular weight is 367 g/mol. The summed E-state index contributed by atoms with van der Waals surface area (Å²) < 4.78 is 38.6. The van der Waals surface area contributed by atoms with Crippen molar-refractivity contribution in [2.45, 2.75) is 6.18 Å². The van der Waals surface area contributed by atoms with E-state index in [0.29, 0.717) is 10.2 Å². The van der Waals surface area contributed by atoms with Crippen molar-refractivity contribution in [1.82, 2.24) is 4.98 Å². The molecular weight excluding hydrogens is 359 g/mol. The molecule has 0 amide bonds. The van der Waals surface area contributed by atoms with E-state index in [1.54, 1.807) is 0 Å². The number of aromatic nitrogens is 1. The number of anilines is 3. The van der Waals surface area contributed by atoms with E-state index in [0.717, 1.165) is 12.1 Å². The van der Waals surface area contributed by atoms with E-state index < -0.39 is 11.7 Å². The Morgan fingerprint density at radius 2 is 1.95 bits per heavy atom. The third-order valence-corrected chi connectivity index (χ3v) is 3.41. The topological polar surface area (TPSA) is 50.9 Å². The molecule has 0 aliphatic rings. The van der Waals surface area contributed by atoms with Gasteiger partial charge in [0.1, 0.15) is 0 Å². The maximum atomic E-state index is 12.7. The van der Waals surface area contributed by atoms with E-state index in [4.69, 9.17) is 17.3 Å². The Bertz CT molecular complexity index is 626. The second-order valence-electron chi connectivity index (χ2n) is 3.90. The van der Waals surface area contributed by atoms with Gasteiger partial charge in [0.15, 0.2) is 0 Å². The minimum Gasteiger partial charge on any atom is -0.396 e. The molecule has 106 valence electrons. The van der Waals surface area contributed by atoms with Crippen LogP contribution in [0.3, 0.4) is 0 Å². The van der Waals surface area contributed by atoms with Crippen molar-refractivity contribution in [3.8, 4) is 0 Å². The molecule has 20 heavy (non-hydrogen) atoms. The van der Waals surface area contributed by atoms with E-state index in [2.05, 4.69) is 26.2 Å². The van der Waals surface area contributed by atoms with E-state index in [1.807, 2.05) is 0 Å². The molecule has 1 aromatic heterocycles. The van der Waals surface area contributed by atoms with Crippen LogP contribution in [0, 0.1) is 0 Å². The lowest BCUT2D eigenvalue weighted by Gasteiger charge is -2.14. The van der Waals surface area contributed by atoms with Gasteiger partial charge in [-0.2, -0.15) is 13.2 Å². The Balaban J connectivity index is 2.43. The molecule has 0 saturated heterocycles. The number of pyridine rings is 1. The number of nitrogens with zero attached hydrogens (tertiary/aromatic N) is 1. The molecule has 2 rings (SSSR count). The van der Waals surface area contributed by atoms with Gasteiger partial charge in [0.2, 0.25) is 0 Å². The molecule has 0 saturated carbocycles. The molecule has 0 fully saturated rings. The van der Waals surface area contributed by atoms with Crippen molar-refractivity contribution in [3.63, 3.8) is 0 Å². The first kappa shape index (κ1) is 14.9. The highest BCUT2D eigenvalue weighted by Gasteiger charge is 2.31. The van der Waals surface area contributed by atoms with Gasteiger partial charge >= 0.3 is 6.18 Å². The molecule has 1 heterocycles. The van der Waals surface area contributed by atoms with Gasteiger partial charge in [0, 0.05) is 6.20 Å². The standard InChI is InChI=1S/C12H8BrClF3N3/c13-7-4-19-5-9(18)11(7)20-10-3-6(12(15,16)17)1-2-8(10)14/h1-5H,18H2,(H,19,20). The highest BCUT2D eigenvalue weighted by Crippen LogP contribution is 2.37. The molecule has 8 heteroatoms. The van der Waals surface area contributed by atoms with Crippen molar-refractivity contribution in [2.24, 2.45) is 0 Å². The molecule has 0 bridgehead atoms. The number of hydrogen-bond acceptors (Lipinski definition) is 3. The largest absolute Gasteiger partial charge is 0.416 e. The van der Waals surface area contributed by atoms with E-state index in [1.165, 1.54) is 18.5 Å². The molecule has 0 aliphatic carbocycles. The predicted octanol–water partition coefficient (Wildman–Crippen LogP) is 4.84. The summed E-state index contributed by atoms with van der Waals surface area (Å²) in [5, 5.41) is 2.93. The number of nitrogens with two attached hydrogens (primary N) is 1. The summed E-state index contributed by atoms with van der Waals surface area (Å²) in [5.41, 5.74) is 5.72. The summed E-state index contributed by atoms with van der Waals surface area (Å²) in [6, 6.07) is 3.02. The Hall–Kier alpha value is -1.47. The zero-order valence-corrected chi connectivity index (χ0v) is 12.1. The highest BCUT2D eigenvalue weighted by molar-refractivity contribution is 9.10. The number of alkyl halides is 3. The summed E-state index contributed by atoms with van der Waals surface area (Å²) in [7, 11) is 0. The lowest BCUT2D eigenvalue weighted by molar-refractivity contribution is -0.137. The first-order valence-electron chi connectivity index (χ1n) is 5.32. The second kappa shape index (κ2) is 5.49. The minimum absolute atomic E-state index is 0.111. The lowest BCUT2D eigenvalue weighted by atomic mass is 10.2. The lowest BCUT2D eigenvalue weighted by Crippen LogP contribution is -2.06. The van der Waals surface area contributed by atoms with Gasteiger partial charge in [-0.3, -0.25) is 4.98 Å². The zero-order chi connectivity index (χ0) is 14.9. The highest BCUT2D eigenvalue weighted by atomic mass is 79.9. The minimum atomic E-state index is -4.44. The number of halogens is 5. The molecule has 3 nitrogen and oxygen atoms in total. The third-order valence-electron chi connectivity index (χ3n) is 2.48. The average Bonchev–Trinajstić information content (AvgIpc) is 2.34. The molecule has 0 atom stereocenters. The summed E-state index contributed by atoms with van der Waals surface area (Å²) in [5.74, 6) is 0. The monoisotopic (exact) mass is 365 g/mol. The molecule has 0 radical (unpaired) electrons. The third kappa shape index (κ3) is 3.16. The van der Waals surface area contributed by atoms with Crippen molar-refractivity contribution in [3.05, 3.63) is 45.7 Å². The van der Waals surface area contributed by atoms with Gasteiger partial charge < -0.3 is 11.1 Å². The molecule has 1 aromatic carbocycles. The normalized spacial score (nSPS) is 11.4. The number of benzene rings is 1. The quantitative estimate of drug-likeness (QED) is 0.799. The van der Waals surface area contributed by atoms with E-state index >= 15 is 0 Å². The molecule has 0 spiro atoms. The van der Waals surface area contributed by atoms with Crippen LogP contribution in [-0.2, 0) is 6.18 Å². The SMILES string of the molecule is Nc1cncc(Br)c1Nc1cc(C(F)(F)F)ccc1Cl. The van der Waals surface area contributed by atoms with Gasteiger partial charge in [-0.1, -0.05) is 11.6 Å². The molecular formula is C12H8BrClF3N3. The molecule has 0 aliphatic heterocycles. The second-order valence-corrected chi connectivity index (χ2v) is 5.16. The summed E-state index contributed by atoms with van der Waals surface area (Å²) >= 11 is 9.12. The number of nitrogens with one attached hydrogen (secondary N) is 1. The van der Waals surface area contributed by atoms with Crippen LogP contribution in [0.25, 0.3) is 0 Å². The smallest absolute Gasteiger partial charge is 0.396 e. The fourth-order valence-corrected chi connectivity index (χ4v) is 2.12. The van der Waals surface area contributed by atoms with Gasteiger partial charge in [0.25, 0.3) is 0 Å². The Morgan fingerprint density at radius 1 is 1.25 bits per heavy atom. The zero-order valence-electron chi connectivity index (χ0n) is 9.80. The van der Waals surface area contributed by atoms with Crippen LogP contribution >= 0.6 is 27.5 Å². The Kier molecular flexibility index (Phi) is 4.10. The molecule has 2 aromatic rings. The van der Waals surface area contributed by atoms with Crippen molar-refractivity contribution in [1.29, 1.82) is 0 Å². The molecule has 3 N–H and O–H groups in total. The fraction of sp³-hybridized carbons (Fsp3) is 0.0833. The van der Waals surface area contributed by atoms with Crippen LogP contribution in [0.4, 0.5) is 30.2 Å². The fourth-order valence-electron chi connectivity index (χ4n) is 1.51. The van der Waals surface area contributed by atoms with Gasteiger partial charge in [-0.05, 0) is 34.1 Å². The summed E-state index contributed by atoms with van der Waals surface area (Å²) in [6.07, 6.45) is -1.59. The van der Waals surface area contributed by atoms with E-state index in [9.17, 15) is 13.2 Å². The first-order chi connectivity index (χ1) is 9.29. The molecule has 0 unspecified atom stereocenters. The number of hydrogen-bond donors (Lipinski definition) is 2. The van der Waals surface area contributed by atoms with Crippen LogP contribution in [0.2, 0.25) is 5.02 Å². The first-order valence-corrected chi connectivity index (χ1v) is 6.49. The maximum Gasteiger partial charge on any atom is 0.416 e. The Labute approximate surface area is 126 Å². The maximum absolute atomic E-state index is 12.7. The number of nitrogen functional groups attached to an aromatic ring is 1. The van der Waals surface area contributed by atoms with Crippen molar-refractivity contribution < 1.29 is 13.2 Å². The van der Waals surface area contributed by atoms with Gasteiger partial charge in [0.05, 0.1) is 38.3 Å². The van der Waals surface area contributed by atoms with Crippen LogP contribution < -0.4 is 11.1 Å². The summed E-state index contributed by atoms with van der Waals surface area (Å²) in [4.78, 5) is 3.84. The van der Waals surface area contributed by atoms with Crippen LogP contribution in [-0.4, -0.2) is 4.98 Å². The number of rotatable bonds is 2. The Morgan fingerprint density at radius 3 is 2.55 bits per heavy atom. The van der Waals surface area contributed by atoms with Crippen LogP contribution in [0.15, 0.2) is 35.1 Å². The van der Waals surface area contributed by atoms with E-state index in [-0.39, 0.29) is 16.4 Å². The van der Waals surface area contributed by atoms with Crippen LogP contribution in [0.5, 0.6) is 0 Å². The summed E-state index contributed by atoms with van der Waals surface area (Å²) in [6.45, 7) is 0. The predicted molar refractivity (Wildman–Crippen MR) is 76.1 cm³/mol. The van der Waals surface area contributed by atoms with Gasteiger partial charge in [-0.15, -0.1) is 0 Å². The van der Waals surface area contributed by atoms with Gasteiger partial charge in [-0.25, -0.2) is 0 Å². The van der Waals surface area contributed by atoms with Crippen molar-refractivity contribution in [2.75, 3.05) is 11.1 Å². The van der Waals surface area contributed by atoms with Crippen molar-refractivity contribution >= 4 is 44.6 Å².